The molecule has 0 bridgehead atoms. The Morgan fingerprint density at radius 2 is 2.05 bits per heavy atom. The summed E-state index contributed by atoms with van der Waals surface area (Å²) >= 11 is 0.520. The van der Waals surface area contributed by atoms with Crippen LogP contribution in [0.1, 0.15) is 12.0 Å². The summed E-state index contributed by atoms with van der Waals surface area (Å²) in [4.78, 5) is 10.3. The zero-order valence-corrected chi connectivity index (χ0v) is 11.0. The van der Waals surface area contributed by atoms with Crippen LogP contribution in [0.4, 0.5) is 0 Å². The molecule has 0 fully saturated rings. The van der Waals surface area contributed by atoms with Crippen molar-refractivity contribution < 1.29 is 37.5 Å². The predicted molar refractivity (Wildman–Crippen MR) is 62.9 cm³/mol. The lowest BCUT2D eigenvalue weighted by Crippen LogP contribution is -2.06. The van der Waals surface area contributed by atoms with Crippen molar-refractivity contribution in [1.29, 1.82) is 0 Å². The molecule has 0 amide bonds. The average molecular weight is 310 g/mol. The van der Waals surface area contributed by atoms with Crippen LogP contribution in [0, 0.1) is 0 Å². The first kappa shape index (κ1) is 15.9. The van der Waals surface area contributed by atoms with Gasteiger partial charge >= 0.3 is 5.97 Å². The molecule has 0 saturated carbocycles. The molecule has 3 N–H and O–H groups in total. The summed E-state index contributed by atoms with van der Waals surface area (Å²) in [7, 11) is -4.49. The Hall–Kier alpha value is -1.17. The highest BCUT2D eigenvalue weighted by Gasteiger charge is 2.17. The van der Waals surface area contributed by atoms with Gasteiger partial charge in [0.2, 0.25) is 0 Å². The van der Waals surface area contributed by atoms with E-state index in [4.69, 9.17) is 14.9 Å². The van der Waals surface area contributed by atoms with Crippen LogP contribution >= 0.6 is 12.0 Å². The number of hydrogen-bond acceptors (Lipinski definition) is 7. The molecule has 0 spiro atoms. The second kappa shape index (κ2) is 6.84. The molecule has 1 aromatic rings. The van der Waals surface area contributed by atoms with Crippen molar-refractivity contribution in [3.8, 4) is 0 Å². The summed E-state index contributed by atoms with van der Waals surface area (Å²) < 4.78 is 35.6. The van der Waals surface area contributed by atoms with Gasteiger partial charge in [0.1, 0.15) is 0 Å². The molecular weight excluding hydrogens is 300 g/mol. The average Bonchev–Trinajstić information content (AvgIpc) is 2.33. The third-order valence-electron chi connectivity index (χ3n) is 2.09. The summed E-state index contributed by atoms with van der Waals surface area (Å²) in [5.41, 5.74) is 0.166. The molecule has 8 nitrogen and oxygen atoms in total. The van der Waals surface area contributed by atoms with Gasteiger partial charge < -0.3 is 5.11 Å². The van der Waals surface area contributed by atoms with E-state index in [-0.39, 0.29) is 23.3 Å². The molecule has 1 rings (SSSR count). The summed E-state index contributed by atoms with van der Waals surface area (Å²) in [6, 6.07) is 3.85. The van der Waals surface area contributed by atoms with E-state index in [9.17, 15) is 13.2 Å². The van der Waals surface area contributed by atoms with Gasteiger partial charge in [-0.15, -0.1) is 4.33 Å². The van der Waals surface area contributed by atoms with Crippen LogP contribution in [-0.2, 0) is 30.7 Å². The first-order valence-corrected chi connectivity index (χ1v) is 6.99. The quantitative estimate of drug-likeness (QED) is 0.296. The van der Waals surface area contributed by atoms with Gasteiger partial charge in [-0.2, -0.15) is 8.42 Å². The number of rotatable bonds is 7. The lowest BCUT2D eigenvalue weighted by atomic mass is 10.1. The molecule has 19 heavy (non-hydrogen) atoms. The third-order valence-corrected chi connectivity index (χ3v) is 3.60. The molecule has 106 valence electrons. The van der Waals surface area contributed by atoms with Crippen molar-refractivity contribution in [3.63, 3.8) is 0 Å². The van der Waals surface area contributed by atoms with Gasteiger partial charge in [0.15, 0.2) is 0 Å². The molecule has 0 heterocycles. The monoisotopic (exact) mass is 310 g/mol. The van der Waals surface area contributed by atoms with Gasteiger partial charge in [0.25, 0.3) is 10.1 Å². The molecule has 0 aliphatic heterocycles. The molecule has 0 atom stereocenters. The lowest BCUT2D eigenvalue weighted by Gasteiger charge is -2.07. The summed E-state index contributed by atoms with van der Waals surface area (Å²) in [5.74, 6) is -1.09. The first-order valence-electron chi connectivity index (χ1n) is 4.81. The number of carboxylic acid groups (broad SMARTS) is 1. The van der Waals surface area contributed by atoms with Crippen molar-refractivity contribution in [1.82, 2.24) is 0 Å². The smallest absolute Gasteiger partial charge is 0.303 e. The minimum atomic E-state index is -4.49. The van der Waals surface area contributed by atoms with Crippen LogP contribution in [0.2, 0.25) is 0 Å². The molecule has 1 aromatic carbocycles. The second-order valence-electron chi connectivity index (χ2n) is 3.36. The fourth-order valence-corrected chi connectivity index (χ4v) is 2.58. The number of aryl methyl sites for hydroxylation is 1. The molecular formula is C9H10O8S2. The molecule has 0 radical (unpaired) electrons. The van der Waals surface area contributed by atoms with E-state index in [1.54, 1.807) is 0 Å². The van der Waals surface area contributed by atoms with Gasteiger partial charge in [-0.05, 0) is 24.1 Å². The Kier molecular flexibility index (Phi) is 5.72. The summed E-state index contributed by atoms with van der Waals surface area (Å²) in [6.45, 7) is 0. The summed E-state index contributed by atoms with van der Waals surface area (Å²) in [5, 5.41) is 19.9. The van der Waals surface area contributed by atoms with E-state index < -0.39 is 21.0 Å². The molecule has 0 aliphatic carbocycles. The number of carbonyl (C=O) groups is 1. The molecule has 10 heteroatoms. The Bertz CT molecular complexity index is 553. The van der Waals surface area contributed by atoms with Crippen LogP contribution in [0.15, 0.2) is 28.0 Å². The molecule has 0 aliphatic rings. The highest BCUT2D eigenvalue weighted by Crippen LogP contribution is 2.26. The topological polar surface area (TPSA) is 130 Å². The van der Waals surface area contributed by atoms with Gasteiger partial charge in [0.05, 0.1) is 16.9 Å². The first-order chi connectivity index (χ1) is 8.84. The van der Waals surface area contributed by atoms with E-state index in [0.717, 1.165) is 6.07 Å². The van der Waals surface area contributed by atoms with Gasteiger partial charge in [-0.3, -0.25) is 9.35 Å². The fourth-order valence-electron chi connectivity index (χ4n) is 1.33. The predicted octanol–water partition coefficient (Wildman–Crippen LogP) is 1.38. The van der Waals surface area contributed by atoms with Gasteiger partial charge in [0, 0.05) is 11.3 Å². The van der Waals surface area contributed by atoms with Crippen molar-refractivity contribution in [2.24, 2.45) is 0 Å². The number of benzene rings is 1. The van der Waals surface area contributed by atoms with Crippen LogP contribution in [0.5, 0.6) is 0 Å². The SMILES string of the molecule is O=C(O)CCc1ccc(SOOO)cc1S(=O)(=O)O. The second-order valence-corrected chi connectivity index (χ2v) is 5.53. The van der Waals surface area contributed by atoms with E-state index in [2.05, 4.69) is 9.37 Å². The maximum absolute atomic E-state index is 11.2. The number of carboxylic acids is 1. The van der Waals surface area contributed by atoms with Crippen LogP contribution in [-0.4, -0.2) is 29.3 Å². The Balaban J connectivity index is 3.06. The van der Waals surface area contributed by atoms with Crippen molar-refractivity contribution in [3.05, 3.63) is 23.8 Å². The van der Waals surface area contributed by atoms with Crippen molar-refractivity contribution in [2.45, 2.75) is 22.6 Å². The molecule has 0 unspecified atom stereocenters. The maximum atomic E-state index is 11.2. The van der Waals surface area contributed by atoms with E-state index in [1.807, 2.05) is 0 Å². The van der Waals surface area contributed by atoms with Gasteiger partial charge in [-0.25, -0.2) is 5.26 Å². The normalized spacial score (nSPS) is 11.5. The van der Waals surface area contributed by atoms with Crippen LogP contribution in [0.3, 0.4) is 0 Å². The number of hydrogen-bond donors (Lipinski definition) is 3. The lowest BCUT2D eigenvalue weighted by molar-refractivity contribution is -0.432. The van der Waals surface area contributed by atoms with Crippen molar-refractivity contribution in [2.75, 3.05) is 0 Å². The molecule has 0 saturated heterocycles. The van der Waals surface area contributed by atoms with E-state index in [0.29, 0.717) is 12.0 Å². The Morgan fingerprint density at radius 3 is 2.58 bits per heavy atom. The van der Waals surface area contributed by atoms with Crippen molar-refractivity contribution >= 4 is 28.1 Å². The highest BCUT2D eigenvalue weighted by atomic mass is 32.2. The highest BCUT2D eigenvalue weighted by molar-refractivity contribution is 7.94. The number of aliphatic carboxylic acids is 1. The van der Waals surface area contributed by atoms with E-state index in [1.165, 1.54) is 12.1 Å². The Morgan fingerprint density at radius 1 is 1.37 bits per heavy atom. The zero-order chi connectivity index (χ0) is 14.5. The minimum Gasteiger partial charge on any atom is -0.481 e. The van der Waals surface area contributed by atoms with Gasteiger partial charge in [-0.1, -0.05) is 11.1 Å². The third kappa shape index (κ3) is 5.14. The Labute approximate surface area is 112 Å². The largest absolute Gasteiger partial charge is 0.481 e. The molecule has 0 aromatic heterocycles. The standard InChI is InChI=1S/C9H10O8S2/c10-9(11)4-2-6-1-3-7(18-17-16-12)5-8(6)19(13,14)15/h1,3,5,12H,2,4H2,(H,10,11)(H,13,14,15). The van der Waals surface area contributed by atoms with Crippen LogP contribution < -0.4 is 0 Å². The van der Waals surface area contributed by atoms with Crippen LogP contribution in [0.25, 0.3) is 0 Å². The van der Waals surface area contributed by atoms with E-state index >= 15 is 0 Å². The minimum absolute atomic E-state index is 0.0488. The fraction of sp³-hybridized carbons (Fsp3) is 0.222. The summed E-state index contributed by atoms with van der Waals surface area (Å²) in [6.07, 6.45) is -0.321. The maximum Gasteiger partial charge on any atom is 0.303 e. The zero-order valence-electron chi connectivity index (χ0n) is 9.35.